The normalized spacial score (nSPS) is 20.9. The number of piperidine rings is 1. The van der Waals surface area contributed by atoms with Crippen LogP contribution in [-0.4, -0.2) is 50.3 Å². The van der Waals surface area contributed by atoms with Gasteiger partial charge in [-0.25, -0.2) is 0 Å². The largest absolute Gasteiger partial charge is 0.469 e. The second-order valence-corrected chi connectivity index (χ2v) is 8.27. The molecule has 0 spiro atoms. The van der Waals surface area contributed by atoms with Crippen LogP contribution in [0.3, 0.4) is 0 Å². The molecule has 5 nitrogen and oxygen atoms in total. The molecule has 5 heteroatoms. The van der Waals surface area contributed by atoms with Crippen molar-refractivity contribution in [1.29, 1.82) is 0 Å². The van der Waals surface area contributed by atoms with E-state index in [0.717, 1.165) is 69.9 Å². The molecule has 1 N–H and O–H groups in total. The zero-order chi connectivity index (χ0) is 19.7. The molecule has 0 bridgehead atoms. The molecule has 156 valence electrons. The summed E-state index contributed by atoms with van der Waals surface area (Å²) < 4.78 is 11.0. The monoisotopic (exact) mass is 395 g/mol. The number of furan rings is 1. The number of benzene rings is 1. The van der Waals surface area contributed by atoms with E-state index in [1.54, 1.807) is 6.26 Å². The summed E-state index contributed by atoms with van der Waals surface area (Å²) in [5.41, 5.74) is 1.46. The molecule has 2 aromatic rings. The van der Waals surface area contributed by atoms with Gasteiger partial charge < -0.3 is 19.4 Å². The van der Waals surface area contributed by atoms with E-state index in [9.17, 15) is 0 Å². The number of aliphatic imine (C=N–C) groups is 1. The highest BCUT2D eigenvalue weighted by molar-refractivity contribution is 5.80. The molecular formula is C24H33N3O2. The maximum absolute atomic E-state index is 5.52. The second-order valence-electron chi connectivity index (χ2n) is 8.27. The Morgan fingerprint density at radius 2 is 1.90 bits per heavy atom. The molecule has 1 aromatic heterocycles. The summed E-state index contributed by atoms with van der Waals surface area (Å²) in [7, 11) is 0. The molecule has 3 heterocycles. The van der Waals surface area contributed by atoms with Gasteiger partial charge in [0.25, 0.3) is 0 Å². The molecule has 1 atom stereocenters. The first kappa shape index (κ1) is 20.0. The highest BCUT2D eigenvalue weighted by atomic mass is 16.5. The second kappa shape index (κ2) is 10.5. The average molecular weight is 396 g/mol. The Morgan fingerprint density at radius 3 is 2.62 bits per heavy atom. The summed E-state index contributed by atoms with van der Waals surface area (Å²) in [6.45, 7) is 5.58. The van der Waals surface area contributed by atoms with Gasteiger partial charge in [0.05, 0.1) is 12.9 Å². The van der Waals surface area contributed by atoms with Gasteiger partial charge >= 0.3 is 0 Å². The molecule has 2 aliphatic heterocycles. The highest BCUT2D eigenvalue weighted by Gasteiger charge is 2.23. The average Bonchev–Trinajstić information content (AvgIpc) is 3.46. The molecule has 0 saturated carbocycles. The molecule has 4 rings (SSSR count). The lowest BCUT2D eigenvalue weighted by Crippen LogP contribution is -2.46. The summed E-state index contributed by atoms with van der Waals surface area (Å²) in [6, 6.07) is 14.9. The van der Waals surface area contributed by atoms with Gasteiger partial charge in [-0.3, -0.25) is 4.99 Å². The van der Waals surface area contributed by atoms with Crippen molar-refractivity contribution >= 4 is 5.96 Å². The zero-order valence-electron chi connectivity index (χ0n) is 17.3. The molecule has 0 amide bonds. The van der Waals surface area contributed by atoms with Crippen molar-refractivity contribution < 1.29 is 9.15 Å². The topological polar surface area (TPSA) is 50.0 Å². The Hall–Kier alpha value is -2.27. The lowest BCUT2D eigenvalue weighted by Gasteiger charge is -2.34. The Labute approximate surface area is 174 Å². The minimum atomic E-state index is 0.562. The zero-order valence-corrected chi connectivity index (χ0v) is 17.3. The van der Waals surface area contributed by atoms with E-state index >= 15 is 0 Å². The Kier molecular flexibility index (Phi) is 7.24. The number of ether oxygens (including phenoxy) is 1. The molecule has 1 aromatic carbocycles. The number of hydrogen-bond donors (Lipinski definition) is 1. The summed E-state index contributed by atoms with van der Waals surface area (Å²) in [6.07, 6.45) is 7.38. The van der Waals surface area contributed by atoms with Gasteiger partial charge in [0, 0.05) is 45.1 Å². The first-order valence-electron chi connectivity index (χ1n) is 11.0. The summed E-state index contributed by atoms with van der Waals surface area (Å²) in [5.74, 6) is 3.40. The molecule has 29 heavy (non-hydrogen) atoms. The van der Waals surface area contributed by atoms with Crippen molar-refractivity contribution in [3.63, 3.8) is 0 Å². The number of guanidine groups is 1. The summed E-state index contributed by atoms with van der Waals surface area (Å²) in [5, 5.41) is 3.59. The van der Waals surface area contributed by atoms with Crippen LogP contribution in [0.15, 0.2) is 58.1 Å². The van der Waals surface area contributed by atoms with Crippen LogP contribution in [0.4, 0.5) is 0 Å². The van der Waals surface area contributed by atoms with Gasteiger partial charge in [-0.2, -0.15) is 0 Å². The summed E-state index contributed by atoms with van der Waals surface area (Å²) in [4.78, 5) is 7.42. The molecule has 2 fully saturated rings. The Bertz CT molecular complexity index is 731. The smallest absolute Gasteiger partial charge is 0.193 e. The van der Waals surface area contributed by atoms with Gasteiger partial charge in [0.15, 0.2) is 5.96 Å². The van der Waals surface area contributed by atoms with Gasteiger partial charge in [-0.05, 0) is 49.3 Å². The van der Waals surface area contributed by atoms with Crippen LogP contribution in [0.1, 0.15) is 30.6 Å². The van der Waals surface area contributed by atoms with Crippen molar-refractivity contribution in [2.45, 2.75) is 32.1 Å². The Balaban J connectivity index is 1.30. The third-order valence-electron chi connectivity index (χ3n) is 6.04. The minimum Gasteiger partial charge on any atom is -0.469 e. The third kappa shape index (κ3) is 6.10. The van der Waals surface area contributed by atoms with Crippen molar-refractivity contribution in [3.05, 3.63) is 60.1 Å². The molecule has 1 unspecified atom stereocenters. The molecule has 2 aliphatic rings. The van der Waals surface area contributed by atoms with Crippen molar-refractivity contribution in [2.75, 3.05) is 39.4 Å². The predicted molar refractivity (Wildman–Crippen MR) is 116 cm³/mol. The number of likely N-dealkylation sites (tertiary alicyclic amines) is 1. The van der Waals surface area contributed by atoms with Crippen molar-refractivity contribution in [3.8, 4) is 0 Å². The van der Waals surface area contributed by atoms with E-state index in [1.807, 2.05) is 12.1 Å². The fourth-order valence-corrected chi connectivity index (χ4v) is 4.26. The molecule has 0 radical (unpaired) electrons. The van der Waals surface area contributed by atoms with Crippen LogP contribution < -0.4 is 5.32 Å². The van der Waals surface area contributed by atoms with Gasteiger partial charge in [-0.1, -0.05) is 30.3 Å². The lowest BCUT2D eigenvalue weighted by atomic mass is 9.90. The molecule has 0 aliphatic carbocycles. The van der Waals surface area contributed by atoms with E-state index < -0.39 is 0 Å². The minimum absolute atomic E-state index is 0.562. The maximum Gasteiger partial charge on any atom is 0.193 e. The quantitative estimate of drug-likeness (QED) is 0.573. The van der Waals surface area contributed by atoms with E-state index in [0.29, 0.717) is 5.92 Å². The number of hydrogen-bond acceptors (Lipinski definition) is 3. The Morgan fingerprint density at radius 1 is 1.03 bits per heavy atom. The van der Waals surface area contributed by atoms with Gasteiger partial charge in [0.2, 0.25) is 0 Å². The number of rotatable bonds is 7. The van der Waals surface area contributed by atoms with Crippen LogP contribution in [0.2, 0.25) is 0 Å². The maximum atomic E-state index is 5.52. The number of nitrogens with one attached hydrogen (secondary N) is 1. The highest BCUT2D eigenvalue weighted by Crippen LogP contribution is 2.22. The number of nitrogens with zero attached hydrogens (tertiary/aromatic N) is 2. The summed E-state index contributed by atoms with van der Waals surface area (Å²) >= 11 is 0. The van der Waals surface area contributed by atoms with E-state index in [1.165, 1.54) is 24.8 Å². The fourth-order valence-electron chi connectivity index (χ4n) is 4.26. The first-order valence-corrected chi connectivity index (χ1v) is 11.0. The predicted octanol–water partition coefficient (Wildman–Crippen LogP) is 3.76. The molecule has 2 saturated heterocycles. The third-order valence-corrected chi connectivity index (χ3v) is 6.04. The lowest BCUT2D eigenvalue weighted by molar-refractivity contribution is 0.187. The van der Waals surface area contributed by atoms with Crippen LogP contribution in [0.5, 0.6) is 0 Å². The van der Waals surface area contributed by atoms with Crippen molar-refractivity contribution in [2.24, 2.45) is 16.8 Å². The van der Waals surface area contributed by atoms with E-state index in [-0.39, 0.29) is 0 Å². The fraction of sp³-hybridized carbons (Fsp3) is 0.542. The van der Waals surface area contributed by atoms with Gasteiger partial charge in [0.1, 0.15) is 5.76 Å². The molecular weight excluding hydrogens is 362 g/mol. The SMILES string of the molecule is c1ccc(CC2CCN(C(=NCC3CCOC3)NCCc3ccco3)CC2)cc1. The van der Waals surface area contributed by atoms with Crippen LogP contribution in [-0.2, 0) is 17.6 Å². The van der Waals surface area contributed by atoms with E-state index in [4.69, 9.17) is 14.1 Å². The standard InChI is InChI=1S/C24H33N3O2/c1-2-5-20(6-3-1)17-21-9-13-27(14-10-21)24(26-18-22-11-16-28-19-22)25-12-8-23-7-4-15-29-23/h1-7,15,21-22H,8-14,16-19H2,(H,25,26). The van der Waals surface area contributed by atoms with Gasteiger partial charge in [-0.15, -0.1) is 0 Å². The van der Waals surface area contributed by atoms with Crippen LogP contribution in [0.25, 0.3) is 0 Å². The van der Waals surface area contributed by atoms with E-state index in [2.05, 4.69) is 40.5 Å². The van der Waals surface area contributed by atoms with Crippen LogP contribution >= 0.6 is 0 Å². The van der Waals surface area contributed by atoms with Crippen LogP contribution in [0, 0.1) is 11.8 Å². The van der Waals surface area contributed by atoms with Crippen molar-refractivity contribution in [1.82, 2.24) is 10.2 Å². The first-order chi connectivity index (χ1) is 14.4.